The second-order valence-electron chi connectivity index (χ2n) is 7.11. The van der Waals surface area contributed by atoms with Crippen LogP contribution in [0.1, 0.15) is 21.5 Å². The van der Waals surface area contributed by atoms with Crippen molar-refractivity contribution in [2.24, 2.45) is 0 Å². The molecule has 7 heteroatoms. The molecule has 0 radical (unpaired) electrons. The molecule has 0 atom stereocenters. The third-order valence-electron chi connectivity index (χ3n) is 4.83. The Morgan fingerprint density at radius 1 is 1.03 bits per heavy atom. The number of carbonyl (C=O) groups is 1. The fourth-order valence-electron chi connectivity index (χ4n) is 3.22. The normalized spacial score (nSPS) is 10.6. The SMILES string of the molecule is COc1ccccc1OCc1cccc(C(=O)Nc2cnn(Cc3ccccc3Cl)c2)c1. The molecule has 0 fully saturated rings. The number of benzene rings is 3. The third kappa shape index (κ3) is 5.28. The molecule has 3 aromatic carbocycles. The summed E-state index contributed by atoms with van der Waals surface area (Å²) in [7, 11) is 1.60. The lowest BCUT2D eigenvalue weighted by Gasteiger charge is -2.11. The number of hydrogen-bond donors (Lipinski definition) is 1. The molecule has 0 aliphatic rings. The summed E-state index contributed by atoms with van der Waals surface area (Å²) in [5.74, 6) is 1.09. The molecule has 4 aromatic rings. The molecule has 4 rings (SSSR count). The first-order chi connectivity index (χ1) is 15.6. The molecule has 1 N–H and O–H groups in total. The lowest BCUT2D eigenvalue weighted by atomic mass is 10.1. The molecular formula is C25H22ClN3O3. The highest BCUT2D eigenvalue weighted by molar-refractivity contribution is 6.31. The number of amides is 1. The van der Waals surface area contributed by atoms with E-state index in [1.54, 1.807) is 36.3 Å². The van der Waals surface area contributed by atoms with Gasteiger partial charge in [0, 0.05) is 16.8 Å². The first-order valence-corrected chi connectivity index (χ1v) is 10.4. The van der Waals surface area contributed by atoms with Crippen LogP contribution in [-0.2, 0) is 13.2 Å². The Morgan fingerprint density at radius 2 is 1.81 bits per heavy atom. The van der Waals surface area contributed by atoms with Gasteiger partial charge in [-0.1, -0.05) is 54.1 Å². The molecule has 1 amide bonds. The minimum atomic E-state index is -0.221. The van der Waals surface area contributed by atoms with E-state index in [0.717, 1.165) is 11.1 Å². The number of nitrogens with zero attached hydrogens (tertiary/aromatic N) is 2. The monoisotopic (exact) mass is 447 g/mol. The second-order valence-corrected chi connectivity index (χ2v) is 7.52. The van der Waals surface area contributed by atoms with Crippen LogP contribution < -0.4 is 14.8 Å². The zero-order valence-corrected chi connectivity index (χ0v) is 18.3. The number of methoxy groups -OCH3 is 1. The lowest BCUT2D eigenvalue weighted by Crippen LogP contribution is -2.12. The van der Waals surface area contributed by atoms with Gasteiger partial charge in [0.1, 0.15) is 6.61 Å². The van der Waals surface area contributed by atoms with Crippen LogP contribution in [0.2, 0.25) is 5.02 Å². The van der Waals surface area contributed by atoms with E-state index in [2.05, 4.69) is 10.4 Å². The summed E-state index contributed by atoms with van der Waals surface area (Å²) in [6.07, 6.45) is 3.39. The number of nitrogens with one attached hydrogen (secondary N) is 1. The highest BCUT2D eigenvalue weighted by atomic mass is 35.5. The van der Waals surface area contributed by atoms with Crippen molar-refractivity contribution < 1.29 is 14.3 Å². The molecule has 1 heterocycles. The molecule has 0 saturated carbocycles. The smallest absolute Gasteiger partial charge is 0.255 e. The largest absolute Gasteiger partial charge is 0.493 e. The predicted molar refractivity (Wildman–Crippen MR) is 125 cm³/mol. The third-order valence-corrected chi connectivity index (χ3v) is 5.20. The Hall–Kier alpha value is -3.77. The van der Waals surface area contributed by atoms with Crippen molar-refractivity contribution in [2.45, 2.75) is 13.2 Å². The van der Waals surface area contributed by atoms with Crippen LogP contribution >= 0.6 is 11.6 Å². The molecule has 1 aromatic heterocycles. The Kier molecular flexibility index (Phi) is 6.72. The topological polar surface area (TPSA) is 65.4 Å². The number of rotatable bonds is 8. The molecule has 6 nitrogen and oxygen atoms in total. The van der Waals surface area contributed by atoms with E-state index in [0.29, 0.717) is 40.9 Å². The van der Waals surface area contributed by atoms with Crippen LogP contribution in [0.5, 0.6) is 11.5 Å². The number of anilines is 1. The first kappa shape index (κ1) is 21.5. The van der Waals surface area contributed by atoms with E-state index in [-0.39, 0.29) is 5.91 Å². The first-order valence-electron chi connectivity index (χ1n) is 10.0. The van der Waals surface area contributed by atoms with Gasteiger partial charge >= 0.3 is 0 Å². The van der Waals surface area contributed by atoms with Crippen molar-refractivity contribution in [1.29, 1.82) is 0 Å². The number of aromatic nitrogens is 2. The average Bonchev–Trinajstić information content (AvgIpc) is 3.26. The Balaban J connectivity index is 1.39. The number of para-hydroxylation sites is 2. The molecular weight excluding hydrogens is 426 g/mol. The van der Waals surface area contributed by atoms with E-state index in [4.69, 9.17) is 21.1 Å². The van der Waals surface area contributed by atoms with Gasteiger partial charge in [0.25, 0.3) is 5.91 Å². The van der Waals surface area contributed by atoms with Gasteiger partial charge in [-0.05, 0) is 41.5 Å². The highest BCUT2D eigenvalue weighted by Gasteiger charge is 2.10. The van der Waals surface area contributed by atoms with Crippen LogP contribution in [0.15, 0.2) is 85.2 Å². The van der Waals surface area contributed by atoms with Gasteiger partial charge in [-0.15, -0.1) is 0 Å². The van der Waals surface area contributed by atoms with E-state index >= 15 is 0 Å². The molecule has 0 saturated heterocycles. The number of carbonyl (C=O) groups excluding carboxylic acids is 1. The highest BCUT2D eigenvalue weighted by Crippen LogP contribution is 2.26. The summed E-state index contributed by atoms with van der Waals surface area (Å²) in [6, 6.07) is 22.4. The Bertz CT molecular complexity index is 1220. The molecule has 0 unspecified atom stereocenters. The Labute approximate surface area is 191 Å². The maximum atomic E-state index is 12.7. The minimum absolute atomic E-state index is 0.221. The van der Waals surface area contributed by atoms with Gasteiger partial charge in [0.05, 0.1) is 25.5 Å². The van der Waals surface area contributed by atoms with Crippen molar-refractivity contribution in [3.8, 4) is 11.5 Å². The van der Waals surface area contributed by atoms with Crippen LogP contribution in [0.3, 0.4) is 0 Å². The van der Waals surface area contributed by atoms with Crippen molar-refractivity contribution >= 4 is 23.2 Å². The van der Waals surface area contributed by atoms with E-state index < -0.39 is 0 Å². The van der Waals surface area contributed by atoms with Crippen molar-refractivity contribution in [1.82, 2.24) is 9.78 Å². The fourth-order valence-corrected chi connectivity index (χ4v) is 3.42. The van der Waals surface area contributed by atoms with Gasteiger partial charge in [0.2, 0.25) is 0 Å². The molecule has 0 aliphatic carbocycles. The van der Waals surface area contributed by atoms with Gasteiger partial charge in [-0.2, -0.15) is 5.10 Å². The number of hydrogen-bond acceptors (Lipinski definition) is 4. The van der Waals surface area contributed by atoms with E-state index in [9.17, 15) is 4.79 Å². The van der Waals surface area contributed by atoms with Crippen LogP contribution in [0.25, 0.3) is 0 Å². The zero-order valence-electron chi connectivity index (χ0n) is 17.5. The number of halogens is 1. The van der Waals surface area contributed by atoms with Crippen molar-refractivity contribution in [3.63, 3.8) is 0 Å². The fraction of sp³-hybridized carbons (Fsp3) is 0.120. The van der Waals surface area contributed by atoms with Gasteiger partial charge in [-0.3, -0.25) is 9.48 Å². The lowest BCUT2D eigenvalue weighted by molar-refractivity contribution is 0.102. The summed E-state index contributed by atoms with van der Waals surface area (Å²) < 4.78 is 12.9. The van der Waals surface area contributed by atoms with Crippen LogP contribution in [-0.4, -0.2) is 22.8 Å². The molecule has 0 bridgehead atoms. The summed E-state index contributed by atoms with van der Waals surface area (Å²) in [6.45, 7) is 0.836. The molecule has 32 heavy (non-hydrogen) atoms. The molecule has 162 valence electrons. The summed E-state index contributed by atoms with van der Waals surface area (Å²) in [5.41, 5.74) is 2.97. The summed E-state index contributed by atoms with van der Waals surface area (Å²) in [5, 5.41) is 7.87. The standard InChI is InChI=1S/C25H22ClN3O3/c1-31-23-11-4-5-12-24(23)32-17-18-7-6-9-19(13-18)25(30)28-21-14-27-29(16-21)15-20-8-2-3-10-22(20)26/h2-14,16H,15,17H2,1H3,(H,28,30). The van der Waals surface area contributed by atoms with E-state index in [1.165, 1.54) is 0 Å². The van der Waals surface area contributed by atoms with Crippen LogP contribution in [0, 0.1) is 0 Å². The van der Waals surface area contributed by atoms with Crippen molar-refractivity contribution in [2.75, 3.05) is 12.4 Å². The maximum Gasteiger partial charge on any atom is 0.255 e. The van der Waals surface area contributed by atoms with E-state index in [1.807, 2.05) is 60.7 Å². The van der Waals surface area contributed by atoms with Gasteiger partial charge in [0.15, 0.2) is 11.5 Å². The molecule has 0 aliphatic heterocycles. The van der Waals surface area contributed by atoms with Crippen molar-refractivity contribution in [3.05, 3.63) is 107 Å². The molecule has 0 spiro atoms. The zero-order chi connectivity index (χ0) is 22.3. The second kappa shape index (κ2) is 10.0. The summed E-state index contributed by atoms with van der Waals surface area (Å²) >= 11 is 6.21. The quantitative estimate of drug-likeness (QED) is 0.391. The average molecular weight is 448 g/mol. The predicted octanol–water partition coefficient (Wildman–Crippen LogP) is 5.42. The van der Waals surface area contributed by atoms with Crippen LogP contribution in [0.4, 0.5) is 5.69 Å². The van der Waals surface area contributed by atoms with Gasteiger partial charge in [-0.25, -0.2) is 0 Å². The maximum absolute atomic E-state index is 12.7. The number of ether oxygens (including phenoxy) is 2. The Morgan fingerprint density at radius 3 is 2.62 bits per heavy atom. The minimum Gasteiger partial charge on any atom is -0.493 e. The van der Waals surface area contributed by atoms with Gasteiger partial charge < -0.3 is 14.8 Å². The summed E-state index contributed by atoms with van der Waals surface area (Å²) in [4.78, 5) is 12.7.